The van der Waals surface area contributed by atoms with Crippen LogP contribution in [0.1, 0.15) is 26.2 Å². The third-order valence-electron chi connectivity index (χ3n) is 0.846. The third-order valence-corrected chi connectivity index (χ3v) is 1.96. The highest BCUT2D eigenvalue weighted by atomic mass is 32.2. The molecule has 0 nitrogen and oxygen atoms in total. The van der Waals surface area contributed by atoms with E-state index in [0.29, 0.717) is 0 Å². The molecule has 51 valence electrons. The van der Waals surface area contributed by atoms with Gasteiger partial charge in [0, 0.05) is 12.2 Å². The molecular formula is C8H13S. The van der Waals surface area contributed by atoms with Crippen molar-refractivity contribution in [2.45, 2.75) is 26.2 Å². The van der Waals surface area contributed by atoms with Crippen LogP contribution in [0.4, 0.5) is 0 Å². The summed E-state index contributed by atoms with van der Waals surface area (Å²) in [5.41, 5.74) is 0. The lowest BCUT2D eigenvalue weighted by Gasteiger charge is -1.93. The molecule has 1 radical (unpaired) electrons. The van der Waals surface area contributed by atoms with Crippen LogP contribution in [-0.4, -0.2) is 5.75 Å². The van der Waals surface area contributed by atoms with Gasteiger partial charge in [-0.25, -0.2) is 0 Å². The average Bonchev–Trinajstić information content (AvgIpc) is 1.89. The molecule has 0 atom stereocenters. The first-order valence-corrected chi connectivity index (χ1v) is 4.33. The van der Waals surface area contributed by atoms with Gasteiger partial charge in [0.05, 0.1) is 0 Å². The van der Waals surface area contributed by atoms with Crippen LogP contribution in [0.2, 0.25) is 0 Å². The first kappa shape index (κ1) is 8.91. The van der Waals surface area contributed by atoms with E-state index in [9.17, 15) is 0 Å². The van der Waals surface area contributed by atoms with Crippen molar-refractivity contribution in [3.05, 3.63) is 5.75 Å². The van der Waals surface area contributed by atoms with Crippen molar-refractivity contribution in [1.29, 1.82) is 0 Å². The van der Waals surface area contributed by atoms with E-state index in [1.807, 2.05) is 11.8 Å². The van der Waals surface area contributed by atoms with E-state index >= 15 is 0 Å². The smallest absolute Gasteiger partial charge is 0.0175 e. The molecule has 0 aromatic rings. The summed E-state index contributed by atoms with van der Waals surface area (Å²) in [5, 5.41) is 0. The Bertz CT molecular complexity index is 81.1. The van der Waals surface area contributed by atoms with E-state index in [4.69, 9.17) is 6.42 Å². The largest absolute Gasteiger partial charge is 0.157 e. The highest BCUT2D eigenvalue weighted by Gasteiger charge is 1.85. The van der Waals surface area contributed by atoms with Gasteiger partial charge in [0.2, 0.25) is 0 Å². The van der Waals surface area contributed by atoms with Crippen LogP contribution in [0.25, 0.3) is 0 Å². The molecule has 1 heteroatoms. The Morgan fingerprint density at radius 3 is 3.00 bits per heavy atom. The Kier molecular flexibility index (Phi) is 7.83. The molecule has 0 saturated heterocycles. The predicted octanol–water partition coefficient (Wildman–Crippen LogP) is 2.70. The van der Waals surface area contributed by atoms with E-state index in [1.54, 1.807) is 0 Å². The van der Waals surface area contributed by atoms with Crippen molar-refractivity contribution in [3.63, 3.8) is 0 Å². The zero-order valence-corrected chi connectivity index (χ0v) is 6.71. The van der Waals surface area contributed by atoms with Gasteiger partial charge in [-0.2, -0.15) is 11.8 Å². The summed E-state index contributed by atoms with van der Waals surface area (Å²) in [6.07, 6.45) is 8.25. The maximum Gasteiger partial charge on any atom is 0.0175 e. The van der Waals surface area contributed by atoms with E-state index in [0.717, 1.165) is 12.8 Å². The minimum absolute atomic E-state index is 0.886. The Hall–Kier alpha value is -0.0900. The van der Waals surface area contributed by atoms with Gasteiger partial charge in [-0.1, -0.05) is 6.92 Å². The second kappa shape index (κ2) is 7.91. The van der Waals surface area contributed by atoms with Gasteiger partial charge < -0.3 is 0 Å². The molecule has 0 spiro atoms. The van der Waals surface area contributed by atoms with Crippen molar-refractivity contribution in [2.75, 3.05) is 5.75 Å². The molecule has 0 rings (SSSR count). The molecule has 0 saturated carbocycles. The van der Waals surface area contributed by atoms with Gasteiger partial charge in [-0.15, -0.1) is 12.3 Å². The Balaban J connectivity index is 2.69. The Morgan fingerprint density at radius 2 is 2.44 bits per heavy atom. The number of terminal acetylenes is 1. The number of hydrogen-bond acceptors (Lipinski definition) is 1. The molecule has 0 unspecified atom stereocenters. The van der Waals surface area contributed by atoms with Crippen molar-refractivity contribution in [1.82, 2.24) is 0 Å². The maximum absolute atomic E-state index is 5.06. The summed E-state index contributed by atoms with van der Waals surface area (Å²) in [6.45, 7) is 2.18. The quantitative estimate of drug-likeness (QED) is 0.419. The second-order valence-electron chi connectivity index (χ2n) is 1.78. The topological polar surface area (TPSA) is 0 Å². The van der Waals surface area contributed by atoms with Crippen molar-refractivity contribution in [2.24, 2.45) is 0 Å². The lowest BCUT2D eigenvalue weighted by molar-refractivity contribution is 1.06. The van der Waals surface area contributed by atoms with Crippen LogP contribution in [0.5, 0.6) is 0 Å². The normalized spacial score (nSPS) is 8.89. The molecule has 9 heavy (non-hydrogen) atoms. The number of hydrogen-bond donors (Lipinski definition) is 0. The monoisotopic (exact) mass is 141 g/mol. The van der Waals surface area contributed by atoms with Gasteiger partial charge in [0.1, 0.15) is 0 Å². The van der Waals surface area contributed by atoms with Crippen LogP contribution in [0.15, 0.2) is 0 Å². The fourth-order valence-corrected chi connectivity index (χ4v) is 1.11. The van der Waals surface area contributed by atoms with Crippen LogP contribution in [-0.2, 0) is 0 Å². The zero-order chi connectivity index (χ0) is 6.95. The summed E-state index contributed by atoms with van der Waals surface area (Å²) in [5.74, 6) is 6.02. The van der Waals surface area contributed by atoms with E-state index in [1.165, 1.54) is 12.2 Å². The molecule has 0 amide bonds. The molecule has 0 heterocycles. The molecule has 0 aliphatic heterocycles. The van der Waals surface area contributed by atoms with Crippen LogP contribution in [0, 0.1) is 18.1 Å². The second-order valence-corrected chi connectivity index (χ2v) is 2.86. The standard InChI is InChI=1S/C8H13S/c1-3-5-6-8-9-7-4-2/h1,8H,4-7H2,2H3. The summed E-state index contributed by atoms with van der Waals surface area (Å²) in [7, 11) is 0. The van der Waals surface area contributed by atoms with Crippen molar-refractivity contribution in [3.8, 4) is 12.3 Å². The molecule has 0 bridgehead atoms. The fourth-order valence-electron chi connectivity index (χ4n) is 0.427. The molecule has 0 aliphatic rings. The van der Waals surface area contributed by atoms with Crippen LogP contribution in [0.3, 0.4) is 0 Å². The van der Waals surface area contributed by atoms with Crippen LogP contribution < -0.4 is 0 Å². The lowest BCUT2D eigenvalue weighted by atomic mass is 10.4. The molecule has 0 fully saturated rings. The number of rotatable bonds is 5. The molecule has 0 aromatic carbocycles. The van der Waals surface area contributed by atoms with Crippen molar-refractivity contribution < 1.29 is 0 Å². The average molecular weight is 141 g/mol. The van der Waals surface area contributed by atoms with Crippen molar-refractivity contribution >= 4 is 11.8 Å². The SMILES string of the molecule is C#CCC[CH]SCCC. The van der Waals surface area contributed by atoms with Crippen LogP contribution >= 0.6 is 11.8 Å². The minimum atomic E-state index is 0.886. The fraction of sp³-hybridized carbons (Fsp3) is 0.625. The van der Waals surface area contributed by atoms with Gasteiger partial charge in [-0.3, -0.25) is 0 Å². The van der Waals surface area contributed by atoms with Gasteiger partial charge >= 0.3 is 0 Å². The summed E-state index contributed by atoms with van der Waals surface area (Å²) >= 11 is 1.87. The summed E-state index contributed by atoms with van der Waals surface area (Å²) in [4.78, 5) is 0. The predicted molar refractivity (Wildman–Crippen MR) is 45.1 cm³/mol. The highest BCUT2D eigenvalue weighted by Crippen LogP contribution is 2.10. The number of thioether (sulfide) groups is 1. The minimum Gasteiger partial charge on any atom is -0.157 e. The summed E-state index contributed by atoms with van der Waals surface area (Å²) < 4.78 is 0. The number of unbranched alkanes of at least 4 members (excludes halogenated alkanes) is 1. The van der Waals surface area contributed by atoms with E-state index in [-0.39, 0.29) is 0 Å². The molecule has 0 aromatic heterocycles. The highest BCUT2D eigenvalue weighted by molar-refractivity contribution is 8.01. The first-order chi connectivity index (χ1) is 4.41. The summed E-state index contributed by atoms with van der Waals surface area (Å²) in [6, 6.07) is 0. The van der Waals surface area contributed by atoms with Gasteiger partial charge in [-0.05, 0) is 18.6 Å². The Morgan fingerprint density at radius 1 is 1.67 bits per heavy atom. The molecular weight excluding hydrogens is 128 g/mol. The Labute approximate surface area is 62.4 Å². The third kappa shape index (κ3) is 7.91. The molecule has 0 aliphatic carbocycles. The van der Waals surface area contributed by atoms with Gasteiger partial charge in [0.15, 0.2) is 0 Å². The van der Waals surface area contributed by atoms with E-state index < -0.39 is 0 Å². The van der Waals surface area contributed by atoms with E-state index in [2.05, 4.69) is 18.6 Å². The molecule has 0 N–H and O–H groups in total. The first-order valence-electron chi connectivity index (χ1n) is 3.28. The maximum atomic E-state index is 5.06. The van der Waals surface area contributed by atoms with Gasteiger partial charge in [0.25, 0.3) is 0 Å². The zero-order valence-electron chi connectivity index (χ0n) is 5.89. The lowest BCUT2D eigenvalue weighted by Crippen LogP contribution is -1.74.